The summed E-state index contributed by atoms with van der Waals surface area (Å²) in [5.41, 5.74) is 0.883. The van der Waals surface area contributed by atoms with E-state index in [1.165, 1.54) is 18.2 Å². The number of nitrogens with two attached hydrogens (primary N) is 1. The van der Waals surface area contributed by atoms with Crippen LogP contribution in [0.3, 0.4) is 0 Å². The summed E-state index contributed by atoms with van der Waals surface area (Å²) in [5, 5.41) is 7.74. The van der Waals surface area contributed by atoms with Crippen LogP contribution in [0.15, 0.2) is 47.5 Å². The number of benzene rings is 1. The molecule has 1 aromatic carbocycles. The summed E-state index contributed by atoms with van der Waals surface area (Å²) in [7, 11) is -3.79. The molecular weight excluding hydrogens is 290 g/mol. The van der Waals surface area contributed by atoms with Crippen LogP contribution in [0.5, 0.6) is 0 Å². The lowest BCUT2D eigenvalue weighted by Gasteiger charge is -2.13. The number of hydrogen-bond donors (Lipinski definition) is 2. The fourth-order valence-electron chi connectivity index (χ4n) is 1.98. The Bertz CT molecular complexity index is 763. The van der Waals surface area contributed by atoms with Crippen molar-refractivity contribution in [1.82, 2.24) is 4.57 Å². The lowest BCUT2D eigenvalue weighted by molar-refractivity contribution is 0.101. The van der Waals surface area contributed by atoms with Crippen molar-refractivity contribution < 1.29 is 13.2 Å². The van der Waals surface area contributed by atoms with Gasteiger partial charge in [0.25, 0.3) is 5.91 Å². The number of nitrogens with zero attached hydrogens (tertiary/aromatic N) is 1. The molecular formula is C14H17N3O3S. The van der Waals surface area contributed by atoms with E-state index in [2.05, 4.69) is 5.32 Å². The highest BCUT2D eigenvalue weighted by molar-refractivity contribution is 7.89. The molecule has 0 saturated carbocycles. The summed E-state index contributed by atoms with van der Waals surface area (Å²) in [4.78, 5) is 12.2. The van der Waals surface area contributed by atoms with E-state index in [9.17, 15) is 13.2 Å². The fraction of sp³-hybridized carbons (Fsp3) is 0.214. The van der Waals surface area contributed by atoms with Crippen LogP contribution in [0.2, 0.25) is 0 Å². The van der Waals surface area contributed by atoms with E-state index in [1.807, 2.05) is 24.6 Å². The van der Waals surface area contributed by atoms with Gasteiger partial charge in [-0.2, -0.15) is 0 Å². The van der Waals surface area contributed by atoms with E-state index in [0.29, 0.717) is 11.4 Å². The SMILES string of the molecule is CC(C)n1cccc1C(=O)Nc1cccc(S(N)(=O)=O)c1. The smallest absolute Gasteiger partial charge is 0.272 e. The Hall–Kier alpha value is -2.12. The van der Waals surface area contributed by atoms with Crippen LogP contribution < -0.4 is 10.5 Å². The van der Waals surface area contributed by atoms with E-state index in [0.717, 1.165) is 0 Å². The van der Waals surface area contributed by atoms with Crippen molar-refractivity contribution in [3.8, 4) is 0 Å². The van der Waals surface area contributed by atoms with Gasteiger partial charge in [-0.25, -0.2) is 13.6 Å². The average Bonchev–Trinajstić information content (AvgIpc) is 2.87. The first kappa shape index (κ1) is 15.3. The molecule has 0 spiro atoms. The van der Waals surface area contributed by atoms with Crippen LogP contribution in [-0.4, -0.2) is 18.9 Å². The minimum absolute atomic E-state index is 0.0421. The lowest BCUT2D eigenvalue weighted by atomic mass is 10.3. The molecule has 1 amide bonds. The van der Waals surface area contributed by atoms with Crippen molar-refractivity contribution >= 4 is 21.6 Å². The second-order valence-corrected chi connectivity index (χ2v) is 6.48. The molecule has 3 N–H and O–H groups in total. The predicted molar refractivity (Wildman–Crippen MR) is 80.6 cm³/mol. The molecule has 112 valence electrons. The molecule has 0 fully saturated rings. The third-order valence-corrected chi connectivity index (χ3v) is 3.90. The Labute approximate surface area is 123 Å². The Morgan fingerprint density at radius 1 is 1.24 bits per heavy atom. The van der Waals surface area contributed by atoms with E-state index in [1.54, 1.807) is 18.2 Å². The number of aromatic nitrogens is 1. The summed E-state index contributed by atoms with van der Waals surface area (Å²) in [6.45, 7) is 3.94. The maximum Gasteiger partial charge on any atom is 0.272 e. The number of carbonyl (C=O) groups excluding carboxylic acids is 1. The molecule has 1 heterocycles. The first-order valence-electron chi connectivity index (χ1n) is 6.40. The molecule has 2 rings (SSSR count). The minimum Gasteiger partial charge on any atom is -0.341 e. The first-order valence-corrected chi connectivity index (χ1v) is 7.95. The molecule has 0 aliphatic rings. The quantitative estimate of drug-likeness (QED) is 0.904. The number of rotatable bonds is 4. The van der Waals surface area contributed by atoms with Gasteiger partial charge in [0, 0.05) is 17.9 Å². The highest BCUT2D eigenvalue weighted by Gasteiger charge is 2.14. The molecule has 0 saturated heterocycles. The minimum atomic E-state index is -3.79. The van der Waals surface area contributed by atoms with Crippen molar-refractivity contribution in [2.45, 2.75) is 24.8 Å². The number of anilines is 1. The second-order valence-electron chi connectivity index (χ2n) is 4.92. The zero-order valence-corrected chi connectivity index (χ0v) is 12.6. The van der Waals surface area contributed by atoms with Crippen LogP contribution >= 0.6 is 0 Å². The molecule has 7 heteroatoms. The number of sulfonamides is 1. The standard InChI is InChI=1S/C14H17N3O3S/c1-10(2)17-8-4-7-13(17)14(18)16-11-5-3-6-12(9-11)21(15,19)20/h3-10H,1-2H3,(H,16,18)(H2,15,19,20). The summed E-state index contributed by atoms with van der Waals surface area (Å²) in [6.07, 6.45) is 1.82. The largest absolute Gasteiger partial charge is 0.341 e. The van der Waals surface area contributed by atoms with Gasteiger partial charge in [0.05, 0.1) is 4.90 Å². The third-order valence-electron chi connectivity index (χ3n) is 2.99. The van der Waals surface area contributed by atoms with Crippen LogP contribution in [0.25, 0.3) is 0 Å². The Morgan fingerprint density at radius 3 is 2.57 bits per heavy atom. The molecule has 0 aliphatic carbocycles. The van der Waals surface area contributed by atoms with Crippen LogP contribution in [0.4, 0.5) is 5.69 Å². The highest BCUT2D eigenvalue weighted by Crippen LogP contribution is 2.17. The van der Waals surface area contributed by atoms with Gasteiger partial charge >= 0.3 is 0 Å². The molecule has 0 atom stereocenters. The van der Waals surface area contributed by atoms with Crippen LogP contribution in [0.1, 0.15) is 30.4 Å². The van der Waals surface area contributed by atoms with Gasteiger partial charge in [0.1, 0.15) is 5.69 Å². The molecule has 0 unspecified atom stereocenters. The monoisotopic (exact) mass is 307 g/mol. The maximum absolute atomic E-state index is 12.2. The normalized spacial score (nSPS) is 11.6. The van der Waals surface area contributed by atoms with Gasteiger partial charge in [0.2, 0.25) is 10.0 Å². The lowest BCUT2D eigenvalue weighted by Crippen LogP contribution is -2.18. The fourth-order valence-corrected chi connectivity index (χ4v) is 2.54. The summed E-state index contributed by atoms with van der Waals surface area (Å²) in [5.74, 6) is -0.305. The van der Waals surface area contributed by atoms with E-state index in [-0.39, 0.29) is 16.8 Å². The van der Waals surface area contributed by atoms with Crippen LogP contribution in [-0.2, 0) is 10.0 Å². The first-order chi connectivity index (χ1) is 9.79. The summed E-state index contributed by atoms with van der Waals surface area (Å²) < 4.78 is 24.4. The number of amides is 1. The predicted octanol–water partition coefficient (Wildman–Crippen LogP) is 1.97. The van der Waals surface area contributed by atoms with Gasteiger partial charge < -0.3 is 9.88 Å². The Kier molecular flexibility index (Phi) is 4.15. The van der Waals surface area contributed by atoms with Gasteiger partial charge in [-0.15, -0.1) is 0 Å². The van der Waals surface area contributed by atoms with E-state index in [4.69, 9.17) is 5.14 Å². The topological polar surface area (TPSA) is 94.2 Å². The molecule has 2 aromatic rings. The van der Waals surface area contributed by atoms with Crippen molar-refractivity contribution in [1.29, 1.82) is 0 Å². The van der Waals surface area contributed by atoms with E-state index >= 15 is 0 Å². The van der Waals surface area contributed by atoms with E-state index < -0.39 is 10.0 Å². The molecule has 0 aliphatic heterocycles. The van der Waals surface area contributed by atoms with Crippen molar-refractivity contribution in [2.75, 3.05) is 5.32 Å². The van der Waals surface area contributed by atoms with Crippen molar-refractivity contribution in [3.05, 3.63) is 48.3 Å². The number of carbonyl (C=O) groups is 1. The second kappa shape index (κ2) is 5.71. The zero-order chi connectivity index (χ0) is 15.6. The maximum atomic E-state index is 12.2. The van der Waals surface area contributed by atoms with Crippen molar-refractivity contribution in [3.63, 3.8) is 0 Å². The number of primary sulfonamides is 1. The van der Waals surface area contributed by atoms with Gasteiger partial charge in [0.15, 0.2) is 0 Å². The van der Waals surface area contributed by atoms with Gasteiger partial charge in [-0.3, -0.25) is 4.79 Å². The molecule has 0 radical (unpaired) electrons. The Morgan fingerprint density at radius 2 is 1.95 bits per heavy atom. The molecule has 1 aromatic heterocycles. The number of hydrogen-bond acceptors (Lipinski definition) is 3. The summed E-state index contributed by atoms with van der Waals surface area (Å²) in [6, 6.07) is 9.48. The third kappa shape index (κ3) is 3.50. The summed E-state index contributed by atoms with van der Waals surface area (Å²) >= 11 is 0. The van der Waals surface area contributed by atoms with Gasteiger partial charge in [-0.05, 0) is 44.2 Å². The average molecular weight is 307 g/mol. The molecule has 6 nitrogen and oxygen atoms in total. The van der Waals surface area contributed by atoms with Gasteiger partial charge in [-0.1, -0.05) is 6.07 Å². The molecule has 0 bridgehead atoms. The zero-order valence-electron chi connectivity index (χ0n) is 11.8. The Balaban J connectivity index is 2.26. The molecule has 21 heavy (non-hydrogen) atoms. The van der Waals surface area contributed by atoms with Crippen LogP contribution in [0, 0.1) is 0 Å². The highest BCUT2D eigenvalue weighted by atomic mass is 32.2. The number of nitrogens with one attached hydrogen (secondary N) is 1. The van der Waals surface area contributed by atoms with Crippen molar-refractivity contribution in [2.24, 2.45) is 5.14 Å².